The second-order valence-corrected chi connectivity index (χ2v) is 7.64. The van der Waals surface area contributed by atoms with E-state index < -0.39 is 0 Å². The van der Waals surface area contributed by atoms with Crippen LogP contribution >= 0.6 is 57.1 Å². The first kappa shape index (κ1) is 14.4. The molecule has 96 valence electrons. The largest absolute Gasteiger partial charge is 0.378 e. The molecule has 0 bridgehead atoms. The lowest BCUT2D eigenvalue weighted by Gasteiger charge is -2.17. The predicted octanol–water partition coefficient (Wildman–Crippen LogP) is 6.14. The van der Waals surface area contributed by atoms with Crippen LogP contribution in [0.2, 0.25) is 8.67 Å². The SMILES string of the molecule is Cc1ccc(I)cc1NC(C)c1cc(Cl)sc1Cl. The Kier molecular flexibility index (Phi) is 4.80. The van der Waals surface area contributed by atoms with Gasteiger partial charge in [-0.15, -0.1) is 11.3 Å². The molecule has 2 rings (SSSR count). The van der Waals surface area contributed by atoms with E-state index in [9.17, 15) is 0 Å². The van der Waals surface area contributed by atoms with Gasteiger partial charge in [-0.2, -0.15) is 0 Å². The first-order valence-electron chi connectivity index (χ1n) is 5.45. The lowest BCUT2D eigenvalue weighted by atomic mass is 10.1. The summed E-state index contributed by atoms with van der Waals surface area (Å²) < 4.78 is 2.69. The Balaban J connectivity index is 2.23. The van der Waals surface area contributed by atoms with Crippen molar-refractivity contribution in [1.29, 1.82) is 0 Å². The molecule has 0 saturated carbocycles. The fraction of sp³-hybridized carbons (Fsp3) is 0.231. The molecule has 1 unspecified atom stereocenters. The predicted molar refractivity (Wildman–Crippen MR) is 90.3 cm³/mol. The van der Waals surface area contributed by atoms with Crippen LogP contribution in [0.25, 0.3) is 0 Å². The Labute approximate surface area is 135 Å². The summed E-state index contributed by atoms with van der Waals surface area (Å²) in [4.78, 5) is 0. The second-order valence-electron chi connectivity index (χ2n) is 4.10. The van der Waals surface area contributed by atoms with Crippen molar-refractivity contribution in [3.8, 4) is 0 Å². The zero-order chi connectivity index (χ0) is 13.3. The molecule has 18 heavy (non-hydrogen) atoms. The van der Waals surface area contributed by atoms with Gasteiger partial charge in [0.1, 0.15) is 0 Å². The Hall–Kier alpha value is 0.0300. The molecule has 1 heterocycles. The Morgan fingerprint density at radius 3 is 2.61 bits per heavy atom. The highest BCUT2D eigenvalue weighted by molar-refractivity contribution is 14.1. The van der Waals surface area contributed by atoms with Crippen molar-refractivity contribution < 1.29 is 0 Å². The summed E-state index contributed by atoms with van der Waals surface area (Å²) in [5, 5.41) is 3.48. The number of hydrogen-bond donors (Lipinski definition) is 1. The molecule has 0 spiro atoms. The van der Waals surface area contributed by atoms with Gasteiger partial charge in [0.25, 0.3) is 0 Å². The lowest BCUT2D eigenvalue weighted by molar-refractivity contribution is 0.888. The third-order valence-corrected chi connectivity index (χ3v) is 4.91. The maximum absolute atomic E-state index is 6.17. The fourth-order valence-corrected chi connectivity index (χ4v) is 3.85. The molecule has 0 aliphatic heterocycles. The molecular weight excluding hydrogens is 400 g/mol. The van der Waals surface area contributed by atoms with E-state index in [0.717, 1.165) is 19.9 Å². The highest BCUT2D eigenvalue weighted by atomic mass is 127. The van der Waals surface area contributed by atoms with Crippen LogP contribution < -0.4 is 5.32 Å². The number of halogens is 3. The highest BCUT2D eigenvalue weighted by Crippen LogP contribution is 2.36. The molecule has 0 fully saturated rings. The molecule has 0 aliphatic carbocycles. The van der Waals surface area contributed by atoms with Crippen molar-refractivity contribution >= 4 is 62.8 Å². The summed E-state index contributed by atoms with van der Waals surface area (Å²) in [5.41, 5.74) is 3.40. The number of thiophene rings is 1. The van der Waals surface area contributed by atoms with Gasteiger partial charge in [-0.3, -0.25) is 0 Å². The monoisotopic (exact) mass is 411 g/mol. The normalized spacial score (nSPS) is 12.5. The van der Waals surface area contributed by atoms with Gasteiger partial charge in [-0.05, 0) is 60.2 Å². The first-order valence-corrected chi connectivity index (χ1v) is 8.10. The summed E-state index contributed by atoms with van der Waals surface area (Å²) in [6.45, 7) is 4.18. The van der Waals surface area contributed by atoms with Crippen LogP contribution in [-0.4, -0.2) is 0 Å². The van der Waals surface area contributed by atoms with Gasteiger partial charge >= 0.3 is 0 Å². The third-order valence-electron chi connectivity index (χ3n) is 2.72. The number of aryl methyl sites for hydroxylation is 1. The number of rotatable bonds is 3. The molecule has 1 aromatic carbocycles. The number of hydrogen-bond acceptors (Lipinski definition) is 2. The molecule has 1 nitrogen and oxygen atoms in total. The van der Waals surface area contributed by atoms with Gasteiger partial charge in [-0.1, -0.05) is 29.3 Å². The van der Waals surface area contributed by atoms with E-state index in [0.29, 0.717) is 0 Å². The van der Waals surface area contributed by atoms with Gasteiger partial charge in [0.2, 0.25) is 0 Å². The van der Waals surface area contributed by atoms with Crippen LogP contribution in [0.5, 0.6) is 0 Å². The maximum Gasteiger partial charge on any atom is 0.0996 e. The Morgan fingerprint density at radius 1 is 1.28 bits per heavy atom. The topological polar surface area (TPSA) is 12.0 Å². The van der Waals surface area contributed by atoms with Crippen molar-refractivity contribution in [2.45, 2.75) is 19.9 Å². The van der Waals surface area contributed by atoms with E-state index in [-0.39, 0.29) is 6.04 Å². The van der Waals surface area contributed by atoms with Crippen molar-refractivity contribution in [3.63, 3.8) is 0 Å². The zero-order valence-electron chi connectivity index (χ0n) is 9.93. The molecule has 0 amide bonds. The number of benzene rings is 1. The van der Waals surface area contributed by atoms with E-state index in [1.807, 2.05) is 6.07 Å². The van der Waals surface area contributed by atoms with Crippen molar-refractivity contribution in [2.24, 2.45) is 0 Å². The smallest absolute Gasteiger partial charge is 0.0996 e. The van der Waals surface area contributed by atoms with Crippen LogP contribution in [-0.2, 0) is 0 Å². The van der Waals surface area contributed by atoms with E-state index >= 15 is 0 Å². The summed E-state index contributed by atoms with van der Waals surface area (Å²) in [6.07, 6.45) is 0. The number of anilines is 1. The third kappa shape index (κ3) is 3.32. The summed E-state index contributed by atoms with van der Waals surface area (Å²) >= 11 is 15.9. The van der Waals surface area contributed by atoms with Crippen LogP contribution in [0.3, 0.4) is 0 Å². The van der Waals surface area contributed by atoms with Crippen molar-refractivity contribution in [3.05, 3.63) is 47.6 Å². The van der Waals surface area contributed by atoms with Gasteiger partial charge < -0.3 is 5.32 Å². The molecule has 1 atom stereocenters. The van der Waals surface area contributed by atoms with Crippen LogP contribution in [0.1, 0.15) is 24.1 Å². The Bertz CT molecular complexity index is 568. The lowest BCUT2D eigenvalue weighted by Crippen LogP contribution is -2.07. The first-order chi connectivity index (χ1) is 8.47. The highest BCUT2D eigenvalue weighted by Gasteiger charge is 2.14. The zero-order valence-corrected chi connectivity index (χ0v) is 14.4. The van der Waals surface area contributed by atoms with E-state index in [4.69, 9.17) is 23.2 Å². The molecule has 0 aliphatic rings. The van der Waals surface area contributed by atoms with Gasteiger partial charge in [0.15, 0.2) is 0 Å². The second kappa shape index (κ2) is 5.99. The fourth-order valence-electron chi connectivity index (χ4n) is 1.71. The molecule has 0 saturated heterocycles. The van der Waals surface area contributed by atoms with Gasteiger partial charge in [0, 0.05) is 14.8 Å². The minimum atomic E-state index is 0.137. The van der Waals surface area contributed by atoms with Crippen LogP contribution in [0.15, 0.2) is 24.3 Å². The molecule has 0 radical (unpaired) electrons. The number of nitrogens with one attached hydrogen (secondary N) is 1. The summed E-state index contributed by atoms with van der Waals surface area (Å²) in [6, 6.07) is 8.40. The molecule has 1 aromatic heterocycles. The minimum absolute atomic E-state index is 0.137. The van der Waals surface area contributed by atoms with E-state index in [1.54, 1.807) is 0 Å². The molecule has 2 aromatic rings. The standard InChI is InChI=1S/C13H12Cl2INS/c1-7-3-4-9(16)5-11(7)17-8(2)10-6-12(14)18-13(10)15/h3-6,8,17H,1-2H3. The minimum Gasteiger partial charge on any atom is -0.378 e. The van der Waals surface area contributed by atoms with Crippen molar-refractivity contribution in [2.75, 3.05) is 5.32 Å². The average Bonchev–Trinajstić information content (AvgIpc) is 2.63. The van der Waals surface area contributed by atoms with Crippen LogP contribution in [0, 0.1) is 10.5 Å². The van der Waals surface area contributed by atoms with Crippen molar-refractivity contribution in [1.82, 2.24) is 0 Å². The van der Waals surface area contributed by atoms with Crippen LogP contribution in [0.4, 0.5) is 5.69 Å². The summed E-state index contributed by atoms with van der Waals surface area (Å²) in [7, 11) is 0. The Morgan fingerprint density at radius 2 is 2.00 bits per heavy atom. The molecule has 1 N–H and O–H groups in total. The van der Waals surface area contributed by atoms with E-state index in [1.165, 1.54) is 20.5 Å². The average molecular weight is 412 g/mol. The quantitative estimate of drug-likeness (QED) is 0.598. The van der Waals surface area contributed by atoms with Gasteiger partial charge in [-0.25, -0.2) is 0 Å². The molecular formula is C13H12Cl2INS. The van der Waals surface area contributed by atoms with E-state index in [2.05, 4.69) is 60.0 Å². The summed E-state index contributed by atoms with van der Waals surface area (Å²) in [5.74, 6) is 0. The molecule has 5 heteroatoms. The van der Waals surface area contributed by atoms with Gasteiger partial charge in [0.05, 0.1) is 14.7 Å². The maximum atomic E-state index is 6.17.